The summed E-state index contributed by atoms with van der Waals surface area (Å²) in [7, 11) is -3.61. The fourth-order valence-corrected chi connectivity index (χ4v) is 3.48. The second-order valence-electron chi connectivity index (χ2n) is 3.99. The molecular formula is C10H17NO4S. The fourth-order valence-electron chi connectivity index (χ4n) is 1.49. The first-order valence-electron chi connectivity index (χ1n) is 5.14. The second-order valence-corrected chi connectivity index (χ2v) is 6.23. The number of nitrogens with zero attached hydrogens (tertiary/aromatic N) is 1. The molecule has 6 heteroatoms. The predicted molar refractivity (Wildman–Crippen MR) is 59.5 cm³/mol. The van der Waals surface area contributed by atoms with E-state index in [1.165, 1.54) is 0 Å². The van der Waals surface area contributed by atoms with Crippen molar-refractivity contribution in [3.63, 3.8) is 0 Å². The van der Waals surface area contributed by atoms with Crippen molar-refractivity contribution in [1.82, 2.24) is 0 Å². The zero-order valence-electron chi connectivity index (χ0n) is 9.51. The molecule has 5 nitrogen and oxygen atoms in total. The second kappa shape index (κ2) is 6.48. The van der Waals surface area contributed by atoms with Crippen LogP contribution in [0.2, 0.25) is 0 Å². The van der Waals surface area contributed by atoms with Crippen LogP contribution in [0.25, 0.3) is 0 Å². The molecule has 0 aromatic rings. The van der Waals surface area contributed by atoms with E-state index in [2.05, 4.69) is 0 Å². The van der Waals surface area contributed by atoms with Crippen molar-refractivity contribution >= 4 is 15.8 Å². The summed E-state index contributed by atoms with van der Waals surface area (Å²) in [6.07, 6.45) is 1.13. The Morgan fingerprint density at radius 1 is 1.38 bits per heavy atom. The molecule has 0 aromatic carbocycles. The van der Waals surface area contributed by atoms with Crippen molar-refractivity contribution in [2.75, 3.05) is 5.75 Å². The molecule has 1 N–H and O–H groups in total. The topological polar surface area (TPSA) is 95.2 Å². The van der Waals surface area contributed by atoms with Crippen LogP contribution in [0.15, 0.2) is 0 Å². The van der Waals surface area contributed by atoms with Crippen molar-refractivity contribution in [1.29, 1.82) is 5.26 Å². The minimum Gasteiger partial charge on any atom is -0.480 e. The molecule has 92 valence electrons. The Morgan fingerprint density at radius 3 is 2.31 bits per heavy atom. The minimum atomic E-state index is -3.61. The molecule has 0 radical (unpaired) electrons. The summed E-state index contributed by atoms with van der Waals surface area (Å²) in [5, 5.41) is 15.8. The Kier molecular flexibility index (Phi) is 6.04. The van der Waals surface area contributed by atoms with Crippen molar-refractivity contribution in [2.24, 2.45) is 5.92 Å². The van der Waals surface area contributed by atoms with Crippen molar-refractivity contribution in [3.8, 4) is 6.07 Å². The molecular weight excluding hydrogens is 230 g/mol. The maximum Gasteiger partial charge on any atom is 0.322 e. The number of aliphatic carboxylic acids is 1. The van der Waals surface area contributed by atoms with Gasteiger partial charge in [0.05, 0.1) is 11.8 Å². The first-order chi connectivity index (χ1) is 7.33. The van der Waals surface area contributed by atoms with Crippen LogP contribution >= 0.6 is 0 Å². The Bertz CT molecular complexity index is 367. The van der Waals surface area contributed by atoms with Gasteiger partial charge in [-0.05, 0) is 18.8 Å². The first-order valence-corrected chi connectivity index (χ1v) is 6.85. The van der Waals surface area contributed by atoms with Crippen LogP contribution in [0.4, 0.5) is 0 Å². The number of carbonyl (C=O) groups is 1. The summed E-state index contributed by atoms with van der Waals surface area (Å²) in [5.74, 6) is -1.90. The Labute approximate surface area is 96.0 Å². The monoisotopic (exact) mass is 247 g/mol. The maximum atomic E-state index is 11.7. The van der Waals surface area contributed by atoms with Crippen LogP contribution < -0.4 is 0 Å². The van der Waals surface area contributed by atoms with E-state index in [-0.39, 0.29) is 5.75 Å². The molecule has 0 bridgehead atoms. The van der Waals surface area contributed by atoms with Crippen LogP contribution in [0.1, 0.15) is 33.1 Å². The van der Waals surface area contributed by atoms with Crippen molar-refractivity contribution in [3.05, 3.63) is 0 Å². The summed E-state index contributed by atoms with van der Waals surface area (Å²) in [4.78, 5) is 10.8. The lowest BCUT2D eigenvalue weighted by Crippen LogP contribution is -2.36. The van der Waals surface area contributed by atoms with Gasteiger partial charge in [0.2, 0.25) is 0 Å². The van der Waals surface area contributed by atoms with Crippen molar-refractivity contribution < 1.29 is 18.3 Å². The molecule has 0 saturated carbocycles. The number of carboxylic acids is 1. The molecule has 0 aliphatic carbocycles. The van der Waals surface area contributed by atoms with Gasteiger partial charge in [0.1, 0.15) is 0 Å². The third kappa shape index (κ3) is 4.62. The number of nitriles is 1. The third-order valence-electron chi connectivity index (χ3n) is 2.20. The molecule has 0 aromatic heterocycles. The van der Waals surface area contributed by atoms with E-state index >= 15 is 0 Å². The average molecular weight is 247 g/mol. The zero-order chi connectivity index (χ0) is 12.8. The summed E-state index contributed by atoms with van der Waals surface area (Å²) in [6.45, 7) is 3.15. The van der Waals surface area contributed by atoms with E-state index in [0.717, 1.165) is 0 Å². The minimum absolute atomic E-state index is 0.163. The highest BCUT2D eigenvalue weighted by Crippen LogP contribution is 2.15. The third-order valence-corrected chi connectivity index (χ3v) is 4.58. The summed E-state index contributed by atoms with van der Waals surface area (Å²) in [6, 6.07) is 1.92. The molecule has 1 atom stereocenters. The van der Waals surface area contributed by atoms with Gasteiger partial charge in [0, 0.05) is 6.42 Å². The number of rotatable bonds is 7. The molecule has 16 heavy (non-hydrogen) atoms. The van der Waals surface area contributed by atoms with Crippen LogP contribution in [-0.4, -0.2) is 30.5 Å². The maximum absolute atomic E-state index is 11.7. The molecule has 0 amide bonds. The van der Waals surface area contributed by atoms with Gasteiger partial charge in [0.25, 0.3) is 0 Å². The highest BCUT2D eigenvalue weighted by atomic mass is 32.2. The highest BCUT2D eigenvalue weighted by Gasteiger charge is 2.34. The first kappa shape index (κ1) is 14.9. The largest absolute Gasteiger partial charge is 0.480 e. The van der Waals surface area contributed by atoms with E-state index in [4.69, 9.17) is 10.4 Å². The molecule has 0 aliphatic heterocycles. The van der Waals surface area contributed by atoms with Gasteiger partial charge in [-0.2, -0.15) is 5.26 Å². The van der Waals surface area contributed by atoms with Crippen LogP contribution in [-0.2, 0) is 14.6 Å². The summed E-state index contributed by atoms with van der Waals surface area (Å²) < 4.78 is 23.4. The van der Waals surface area contributed by atoms with Gasteiger partial charge in [-0.25, -0.2) is 8.42 Å². The van der Waals surface area contributed by atoms with Crippen LogP contribution in [0.5, 0.6) is 0 Å². The van der Waals surface area contributed by atoms with Gasteiger partial charge in [-0.3, -0.25) is 4.79 Å². The van der Waals surface area contributed by atoms with E-state index in [1.807, 2.05) is 6.07 Å². The Morgan fingerprint density at radius 2 is 1.94 bits per heavy atom. The normalized spacial score (nSPS) is 13.4. The van der Waals surface area contributed by atoms with Gasteiger partial charge in [-0.1, -0.05) is 13.8 Å². The molecule has 0 aliphatic rings. The number of hydrogen-bond donors (Lipinski definition) is 1. The molecule has 0 fully saturated rings. The number of carboxylic acid groups (broad SMARTS) is 1. The van der Waals surface area contributed by atoms with E-state index in [9.17, 15) is 13.2 Å². The molecule has 0 spiro atoms. The smallest absolute Gasteiger partial charge is 0.322 e. The lowest BCUT2D eigenvalue weighted by Gasteiger charge is -2.16. The molecule has 0 saturated heterocycles. The molecule has 0 heterocycles. The van der Waals surface area contributed by atoms with Gasteiger partial charge in [0.15, 0.2) is 15.1 Å². The summed E-state index contributed by atoms with van der Waals surface area (Å²) in [5.41, 5.74) is 0. The van der Waals surface area contributed by atoms with E-state index in [0.29, 0.717) is 19.3 Å². The Balaban J connectivity index is 4.51. The Hall–Kier alpha value is -1.09. The number of unbranched alkanes of at least 4 members (excludes halogenated alkanes) is 2. The quantitative estimate of drug-likeness (QED) is 0.682. The van der Waals surface area contributed by atoms with Gasteiger partial charge < -0.3 is 5.11 Å². The summed E-state index contributed by atoms with van der Waals surface area (Å²) >= 11 is 0. The number of hydrogen-bond acceptors (Lipinski definition) is 4. The fraction of sp³-hybridized carbons (Fsp3) is 0.800. The van der Waals surface area contributed by atoms with Crippen LogP contribution in [0, 0.1) is 17.2 Å². The highest BCUT2D eigenvalue weighted by molar-refractivity contribution is 7.92. The lowest BCUT2D eigenvalue weighted by molar-refractivity contribution is -0.137. The zero-order valence-corrected chi connectivity index (χ0v) is 10.3. The van der Waals surface area contributed by atoms with Crippen molar-refractivity contribution in [2.45, 2.75) is 38.4 Å². The molecule has 0 rings (SSSR count). The standard InChI is InChI=1S/C10H17NO4S/c1-8(2)9(10(12)13)16(14,15)7-5-3-4-6-11/h8-9H,3-5,7H2,1-2H3,(H,12,13). The van der Waals surface area contributed by atoms with Gasteiger partial charge >= 0.3 is 5.97 Å². The predicted octanol–water partition coefficient (Wildman–Crippen LogP) is 1.20. The molecule has 1 unspecified atom stereocenters. The van der Waals surface area contributed by atoms with E-state index < -0.39 is 27.0 Å². The average Bonchev–Trinajstić information content (AvgIpc) is 2.10. The van der Waals surface area contributed by atoms with E-state index in [1.54, 1.807) is 13.8 Å². The SMILES string of the molecule is CC(C)C(C(=O)O)S(=O)(=O)CCCCC#N. The van der Waals surface area contributed by atoms with Crippen LogP contribution in [0.3, 0.4) is 0 Å². The van der Waals surface area contributed by atoms with Gasteiger partial charge in [-0.15, -0.1) is 0 Å². The number of sulfone groups is 1. The lowest BCUT2D eigenvalue weighted by atomic mass is 10.1.